The van der Waals surface area contributed by atoms with Crippen LogP contribution >= 0.6 is 0 Å². The molecule has 2 fully saturated rings. The van der Waals surface area contributed by atoms with E-state index in [4.69, 9.17) is 0 Å². The fourth-order valence-corrected chi connectivity index (χ4v) is 2.65. The summed E-state index contributed by atoms with van der Waals surface area (Å²) in [5.74, 6) is -0.781. The summed E-state index contributed by atoms with van der Waals surface area (Å²) in [6.07, 6.45) is 2.77. The second kappa shape index (κ2) is 3.50. The molecule has 1 heterocycles. The highest BCUT2D eigenvalue weighted by molar-refractivity contribution is 5.80. The van der Waals surface area contributed by atoms with Crippen molar-refractivity contribution in [2.75, 3.05) is 18.0 Å². The summed E-state index contributed by atoms with van der Waals surface area (Å²) in [5.41, 5.74) is 1.92. The largest absolute Gasteiger partial charge is 0.481 e. The molecule has 1 saturated carbocycles. The smallest absolute Gasteiger partial charge is 0.313 e. The lowest BCUT2D eigenvalue weighted by molar-refractivity contribution is -0.142. The molecule has 3 heteroatoms. The molecule has 1 aliphatic heterocycles. The zero-order valence-corrected chi connectivity index (χ0v) is 10.9. The van der Waals surface area contributed by atoms with Gasteiger partial charge in [-0.1, -0.05) is 12.1 Å². The van der Waals surface area contributed by atoms with E-state index in [0.29, 0.717) is 5.41 Å². The van der Waals surface area contributed by atoms with Gasteiger partial charge in [0, 0.05) is 24.2 Å². The first-order chi connectivity index (χ1) is 8.43. The topological polar surface area (TPSA) is 40.5 Å². The molecule has 3 nitrogen and oxygen atoms in total. The van der Waals surface area contributed by atoms with Crippen molar-refractivity contribution in [3.8, 4) is 0 Å². The summed E-state index contributed by atoms with van der Waals surface area (Å²) >= 11 is 0. The third-order valence-electron chi connectivity index (χ3n) is 4.50. The second-order valence-corrected chi connectivity index (χ2v) is 6.33. The summed E-state index contributed by atoms with van der Waals surface area (Å²) in [7, 11) is 0. The molecule has 0 radical (unpaired) electrons. The third kappa shape index (κ3) is 1.69. The van der Waals surface area contributed by atoms with Gasteiger partial charge >= 0.3 is 5.97 Å². The molecule has 0 bridgehead atoms. The molecule has 0 unspecified atom stereocenters. The van der Waals surface area contributed by atoms with Crippen molar-refractivity contribution < 1.29 is 9.90 Å². The Morgan fingerprint density at radius 2 is 1.78 bits per heavy atom. The molecular weight excluding hydrogens is 226 g/mol. The van der Waals surface area contributed by atoms with E-state index in [0.717, 1.165) is 5.56 Å². The van der Waals surface area contributed by atoms with E-state index in [1.807, 2.05) is 12.1 Å². The first-order valence-electron chi connectivity index (χ1n) is 6.52. The number of rotatable bonds is 3. The maximum Gasteiger partial charge on any atom is 0.313 e. The van der Waals surface area contributed by atoms with Crippen LogP contribution < -0.4 is 4.90 Å². The Hall–Kier alpha value is -1.51. The zero-order valence-electron chi connectivity index (χ0n) is 10.9. The highest BCUT2D eigenvalue weighted by Gasteiger charge is 2.52. The van der Waals surface area contributed by atoms with Crippen LogP contribution in [0.25, 0.3) is 0 Å². The van der Waals surface area contributed by atoms with Crippen LogP contribution in [-0.4, -0.2) is 24.2 Å². The Morgan fingerprint density at radius 3 is 2.22 bits per heavy atom. The van der Waals surface area contributed by atoms with Crippen LogP contribution in [0.1, 0.15) is 32.3 Å². The molecule has 1 aromatic rings. The standard InChI is InChI=1S/C15H19NO2/c1-14(2,13(17)18)11-3-5-12(6-4-11)16-9-15(10-16)7-8-15/h3-6H,7-10H2,1-2H3,(H,17,18). The fraction of sp³-hybridized carbons (Fsp3) is 0.533. The van der Waals surface area contributed by atoms with Gasteiger partial charge in [-0.2, -0.15) is 0 Å². The van der Waals surface area contributed by atoms with E-state index in [-0.39, 0.29) is 0 Å². The first kappa shape index (κ1) is 11.6. The molecule has 2 aliphatic rings. The summed E-state index contributed by atoms with van der Waals surface area (Å²) in [4.78, 5) is 13.6. The first-order valence-corrected chi connectivity index (χ1v) is 6.52. The number of benzene rings is 1. The maximum absolute atomic E-state index is 11.2. The minimum atomic E-state index is -0.814. The van der Waals surface area contributed by atoms with Crippen LogP contribution in [0.3, 0.4) is 0 Å². The van der Waals surface area contributed by atoms with Crippen molar-refractivity contribution in [3.05, 3.63) is 29.8 Å². The van der Waals surface area contributed by atoms with Crippen LogP contribution in [0, 0.1) is 5.41 Å². The number of hydrogen-bond acceptors (Lipinski definition) is 2. The number of hydrogen-bond donors (Lipinski definition) is 1. The Balaban J connectivity index is 1.75. The van der Waals surface area contributed by atoms with Crippen LogP contribution in [0.4, 0.5) is 5.69 Å². The lowest BCUT2D eigenvalue weighted by atomic mass is 9.84. The monoisotopic (exact) mass is 245 g/mol. The van der Waals surface area contributed by atoms with E-state index in [1.165, 1.54) is 31.6 Å². The molecule has 1 saturated heterocycles. The molecule has 1 N–H and O–H groups in total. The van der Waals surface area contributed by atoms with E-state index in [1.54, 1.807) is 13.8 Å². The van der Waals surface area contributed by atoms with Gasteiger partial charge in [0.2, 0.25) is 0 Å². The molecule has 0 atom stereocenters. The molecule has 18 heavy (non-hydrogen) atoms. The number of carboxylic acid groups (broad SMARTS) is 1. The number of carbonyl (C=O) groups is 1. The molecule has 1 aromatic carbocycles. The van der Waals surface area contributed by atoms with Gasteiger partial charge < -0.3 is 10.0 Å². The third-order valence-corrected chi connectivity index (χ3v) is 4.50. The lowest BCUT2D eigenvalue weighted by Gasteiger charge is -2.42. The zero-order chi connectivity index (χ0) is 13.0. The van der Waals surface area contributed by atoms with Crippen LogP contribution in [-0.2, 0) is 10.2 Å². The summed E-state index contributed by atoms with van der Waals surface area (Å²) in [6, 6.07) is 7.99. The SMILES string of the molecule is CC(C)(C(=O)O)c1ccc(N2CC3(CC3)C2)cc1. The van der Waals surface area contributed by atoms with Crippen LogP contribution in [0.15, 0.2) is 24.3 Å². The van der Waals surface area contributed by atoms with Crippen LogP contribution in [0.2, 0.25) is 0 Å². The minimum Gasteiger partial charge on any atom is -0.481 e. The van der Waals surface area contributed by atoms with E-state index < -0.39 is 11.4 Å². The summed E-state index contributed by atoms with van der Waals surface area (Å²) in [6.45, 7) is 5.84. The molecule has 0 aromatic heterocycles. The number of aliphatic carboxylic acids is 1. The van der Waals surface area contributed by atoms with Crippen LogP contribution in [0.5, 0.6) is 0 Å². The second-order valence-electron chi connectivity index (χ2n) is 6.33. The summed E-state index contributed by atoms with van der Waals surface area (Å²) < 4.78 is 0. The maximum atomic E-state index is 11.2. The highest BCUT2D eigenvalue weighted by Crippen LogP contribution is 2.53. The normalized spacial score (nSPS) is 20.7. The summed E-state index contributed by atoms with van der Waals surface area (Å²) in [5, 5.41) is 9.20. The Labute approximate surface area is 107 Å². The number of anilines is 1. The van der Waals surface area contributed by atoms with Crippen molar-refractivity contribution in [2.24, 2.45) is 5.41 Å². The molecule has 3 rings (SSSR count). The van der Waals surface area contributed by atoms with E-state index in [9.17, 15) is 9.90 Å². The average Bonchev–Trinajstić information content (AvgIpc) is 3.07. The van der Waals surface area contributed by atoms with Crippen molar-refractivity contribution in [3.63, 3.8) is 0 Å². The molecule has 0 amide bonds. The highest BCUT2D eigenvalue weighted by atomic mass is 16.4. The van der Waals surface area contributed by atoms with E-state index in [2.05, 4.69) is 17.0 Å². The molecular formula is C15H19NO2. The van der Waals surface area contributed by atoms with Crippen molar-refractivity contribution in [1.29, 1.82) is 0 Å². The van der Waals surface area contributed by atoms with Gasteiger partial charge in [-0.3, -0.25) is 4.79 Å². The quantitative estimate of drug-likeness (QED) is 0.890. The van der Waals surface area contributed by atoms with E-state index >= 15 is 0 Å². The van der Waals surface area contributed by atoms with Crippen molar-refractivity contribution in [1.82, 2.24) is 0 Å². The number of nitrogens with zero attached hydrogens (tertiary/aromatic N) is 1. The van der Waals surface area contributed by atoms with Gasteiger partial charge in [0.05, 0.1) is 5.41 Å². The van der Waals surface area contributed by atoms with Gasteiger partial charge in [-0.25, -0.2) is 0 Å². The molecule has 96 valence electrons. The predicted octanol–water partition coefficient (Wildman–Crippen LogP) is 2.65. The average molecular weight is 245 g/mol. The van der Waals surface area contributed by atoms with Gasteiger partial charge in [-0.05, 0) is 44.4 Å². The Bertz CT molecular complexity index is 478. The Morgan fingerprint density at radius 1 is 1.22 bits per heavy atom. The fourth-order valence-electron chi connectivity index (χ4n) is 2.65. The number of carboxylic acids is 1. The lowest BCUT2D eigenvalue weighted by Crippen LogP contribution is -2.48. The predicted molar refractivity (Wildman–Crippen MR) is 71.0 cm³/mol. The van der Waals surface area contributed by atoms with Crippen molar-refractivity contribution >= 4 is 11.7 Å². The van der Waals surface area contributed by atoms with Gasteiger partial charge in [0.1, 0.15) is 0 Å². The molecule has 1 aliphatic carbocycles. The molecule has 1 spiro atoms. The Kier molecular flexibility index (Phi) is 2.25. The minimum absolute atomic E-state index is 0.652. The van der Waals surface area contributed by atoms with Gasteiger partial charge in [-0.15, -0.1) is 0 Å². The van der Waals surface area contributed by atoms with Gasteiger partial charge in [0.15, 0.2) is 0 Å². The van der Waals surface area contributed by atoms with Gasteiger partial charge in [0.25, 0.3) is 0 Å². The van der Waals surface area contributed by atoms with Crippen molar-refractivity contribution in [2.45, 2.75) is 32.1 Å².